The molecule has 0 saturated carbocycles. The van der Waals surface area contributed by atoms with E-state index in [0.717, 1.165) is 6.07 Å². The van der Waals surface area contributed by atoms with Gasteiger partial charge in [0.05, 0.1) is 5.52 Å². The Hall–Kier alpha value is -1.98. The molecule has 0 bridgehead atoms. The maximum Gasteiger partial charge on any atom is 0.314 e. The third-order valence-electron chi connectivity index (χ3n) is 1.75. The average Bonchev–Trinajstić information content (AvgIpc) is 2.08. The predicted octanol–water partition coefficient (Wildman–Crippen LogP) is 0.495. The molecule has 72 valence electrons. The molecule has 0 aliphatic heterocycles. The lowest BCUT2D eigenvalue weighted by molar-refractivity contribution is 0.589. The van der Waals surface area contributed by atoms with E-state index in [4.69, 9.17) is 0 Å². The third kappa shape index (κ3) is 1.20. The molecule has 0 radical (unpaired) electrons. The van der Waals surface area contributed by atoms with E-state index in [2.05, 4.69) is 4.98 Å². The molecule has 0 aliphatic carbocycles. The first-order valence-electron chi connectivity index (χ1n) is 3.69. The lowest BCUT2D eigenvalue weighted by Gasteiger charge is -1.98. The van der Waals surface area contributed by atoms with Gasteiger partial charge in [-0.1, -0.05) is 0 Å². The summed E-state index contributed by atoms with van der Waals surface area (Å²) in [4.78, 5) is 25.7. The van der Waals surface area contributed by atoms with Crippen molar-refractivity contribution in [2.24, 2.45) is 0 Å². The normalized spacial score (nSPS) is 10.7. The van der Waals surface area contributed by atoms with Crippen molar-refractivity contribution in [1.29, 1.82) is 0 Å². The Bertz CT molecular complexity index is 615. The van der Waals surface area contributed by atoms with Crippen LogP contribution < -0.4 is 11.1 Å². The van der Waals surface area contributed by atoms with Gasteiger partial charge in [-0.2, -0.15) is 0 Å². The second-order valence-electron chi connectivity index (χ2n) is 2.72. The molecule has 2 N–H and O–H groups in total. The Morgan fingerprint density at radius 3 is 2.36 bits per heavy atom. The minimum atomic E-state index is -0.969. The second kappa shape index (κ2) is 2.76. The first kappa shape index (κ1) is 8.61. The first-order chi connectivity index (χ1) is 6.58. The van der Waals surface area contributed by atoms with Gasteiger partial charge >= 0.3 is 11.1 Å². The van der Waals surface area contributed by atoms with E-state index < -0.39 is 22.8 Å². The molecule has 1 aromatic heterocycles. The van der Waals surface area contributed by atoms with Crippen molar-refractivity contribution < 1.29 is 8.78 Å². The summed E-state index contributed by atoms with van der Waals surface area (Å²) < 4.78 is 25.7. The summed E-state index contributed by atoms with van der Waals surface area (Å²) in [6.45, 7) is 0. The summed E-state index contributed by atoms with van der Waals surface area (Å²) in [5.41, 5.74) is -2.20. The minimum absolute atomic E-state index is 0.0768. The summed E-state index contributed by atoms with van der Waals surface area (Å²) in [6.07, 6.45) is 0. The highest BCUT2D eigenvalue weighted by atomic mass is 19.1. The van der Waals surface area contributed by atoms with Crippen LogP contribution in [-0.2, 0) is 0 Å². The van der Waals surface area contributed by atoms with Gasteiger partial charge in [0, 0.05) is 6.07 Å². The van der Waals surface area contributed by atoms with E-state index in [-0.39, 0.29) is 11.0 Å². The fraction of sp³-hybridized carbons (Fsp3) is 0. The van der Waals surface area contributed by atoms with Crippen LogP contribution in [0.25, 0.3) is 11.0 Å². The molecule has 0 spiro atoms. The van der Waals surface area contributed by atoms with E-state index >= 15 is 0 Å². The molecule has 0 unspecified atom stereocenters. The molecule has 6 heteroatoms. The molecule has 0 atom stereocenters. The Morgan fingerprint density at radius 2 is 1.64 bits per heavy atom. The molecule has 2 rings (SSSR count). The molecule has 4 nitrogen and oxygen atoms in total. The van der Waals surface area contributed by atoms with Crippen molar-refractivity contribution in [3.8, 4) is 0 Å². The summed E-state index contributed by atoms with van der Waals surface area (Å²) in [7, 11) is 0. The fourth-order valence-corrected chi connectivity index (χ4v) is 1.15. The molecule has 0 aliphatic rings. The van der Waals surface area contributed by atoms with Crippen LogP contribution >= 0.6 is 0 Å². The summed E-state index contributed by atoms with van der Waals surface area (Å²) in [5, 5.41) is 0. The Kier molecular flexibility index (Phi) is 1.70. The van der Waals surface area contributed by atoms with Gasteiger partial charge in [0.25, 0.3) is 0 Å². The van der Waals surface area contributed by atoms with Crippen molar-refractivity contribution >= 4 is 11.0 Å². The number of benzene rings is 1. The second-order valence-corrected chi connectivity index (χ2v) is 2.72. The largest absolute Gasteiger partial charge is 0.316 e. The van der Waals surface area contributed by atoms with E-state index in [1.807, 2.05) is 4.98 Å². The monoisotopic (exact) mass is 198 g/mol. The number of hydrogen-bond acceptors (Lipinski definition) is 2. The quantitative estimate of drug-likeness (QED) is 0.605. The standard InChI is InChI=1S/C8H4F2N2O2/c9-3-1-4(10)6-5(2-3)11-7(13)8(14)12-6/h1-2H,(H,11,13)(H,12,14). The molecule has 1 aromatic carbocycles. The highest BCUT2D eigenvalue weighted by Gasteiger charge is 2.06. The van der Waals surface area contributed by atoms with Crippen LogP contribution in [0, 0.1) is 11.6 Å². The topological polar surface area (TPSA) is 65.7 Å². The van der Waals surface area contributed by atoms with Crippen molar-refractivity contribution in [2.45, 2.75) is 0 Å². The minimum Gasteiger partial charge on any atom is -0.316 e. The molecule has 0 amide bonds. The predicted molar refractivity (Wildman–Crippen MR) is 45.1 cm³/mol. The van der Waals surface area contributed by atoms with Crippen LogP contribution in [-0.4, -0.2) is 9.97 Å². The van der Waals surface area contributed by atoms with Crippen molar-refractivity contribution in [1.82, 2.24) is 9.97 Å². The Morgan fingerprint density at radius 1 is 1.00 bits per heavy atom. The maximum atomic E-state index is 13.0. The van der Waals surface area contributed by atoms with Crippen molar-refractivity contribution in [2.75, 3.05) is 0 Å². The molecular weight excluding hydrogens is 194 g/mol. The smallest absolute Gasteiger partial charge is 0.314 e. The number of fused-ring (bicyclic) bond motifs is 1. The van der Waals surface area contributed by atoms with Gasteiger partial charge in [-0.05, 0) is 6.07 Å². The van der Waals surface area contributed by atoms with Crippen molar-refractivity contribution in [3.05, 3.63) is 44.5 Å². The molecule has 1 heterocycles. The number of aromatic nitrogens is 2. The maximum absolute atomic E-state index is 13.0. The van der Waals surface area contributed by atoms with Gasteiger partial charge in [0.1, 0.15) is 11.3 Å². The molecule has 0 fully saturated rings. The highest BCUT2D eigenvalue weighted by Crippen LogP contribution is 2.12. The zero-order valence-corrected chi connectivity index (χ0v) is 6.73. The van der Waals surface area contributed by atoms with Crippen LogP contribution in [0.15, 0.2) is 21.7 Å². The van der Waals surface area contributed by atoms with E-state index in [0.29, 0.717) is 6.07 Å². The van der Waals surface area contributed by atoms with Gasteiger partial charge in [-0.15, -0.1) is 0 Å². The number of rotatable bonds is 0. The zero-order chi connectivity index (χ0) is 10.3. The molecule has 14 heavy (non-hydrogen) atoms. The molecular formula is C8H4F2N2O2. The Labute approximate surface area is 75.2 Å². The van der Waals surface area contributed by atoms with Gasteiger partial charge in [0.15, 0.2) is 5.82 Å². The number of aromatic amines is 2. The zero-order valence-electron chi connectivity index (χ0n) is 6.73. The molecule has 0 saturated heterocycles. The number of hydrogen-bond donors (Lipinski definition) is 2. The number of H-pyrrole nitrogens is 2. The van der Waals surface area contributed by atoms with Gasteiger partial charge in [-0.25, -0.2) is 8.78 Å². The average molecular weight is 198 g/mol. The third-order valence-corrected chi connectivity index (χ3v) is 1.75. The van der Waals surface area contributed by atoms with E-state index in [1.54, 1.807) is 0 Å². The van der Waals surface area contributed by atoms with Crippen LogP contribution in [0.1, 0.15) is 0 Å². The van der Waals surface area contributed by atoms with E-state index in [9.17, 15) is 18.4 Å². The summed E-state index contributed by atoms with van der Waals surface area (Å²) >= 11 is 0. The fourth-order valence-electron chi connectivity index (χ4n) is 1.15. The van der Waals surface area contributed by atoms with Crippen LogP contribution in [0.2, 0.25) is 0 Å². The number of halogens is 2. The lowest BCUT2D eigenvalue weighted by Crippen LogP contribution is -2.29. The molecule has 2 aromatic rings. The van der Waals surface area contributed by atoms with Crippen LogP contribution in [0.4, 0.5) is 8.78 Å². The van der Waals surface area contributed by atoms with Crippen molar-refractivity contribution in [3.63, 3.8) is 0 Å². The Balaban J connectivity index is 3.03. The highest BCUT2D eigenvalue weighted by molar-refractivity contribution is 5.74. The van der Waals surface area contributed by atoms with Crippen LogP contribution in [0.3, 0.4) is 0 Å². The lowest BCUT2D eigenvalue weighted by atomic mass is 10.3. The summed E-state index contributed by atoms with van der Waals surface area (Å²) in [6, 6.07) is 1.55. The van der Waals surface area contributed by atoms with Crippen LogP contribution in [0.5, 0.6) is 0 Å². The number of nitrogens with one attached hydrogen (secondary N) is 2. The summed E-state index contributed by atoms with van der Waals surface area (Å²) in [5.74, 6) is -1.74. The van der Waals surface area contributed by atoms with Gasteiger partial charge in [0.2, 0.25) is 0 Å². The van der Waals surface area contributed by atoms with Gasteiger partial charge < -0.3 is 9.97 Å². The van der Waals surface area contributed by atoms with Gasteiger partial charge in [-0.3, -0.25) is 9.59 Å². The first-order valence-corrected chi connectivity index (χ1v) is 3.69. The SMILES string of the molecule is O=c1[nH]c2cc(F)cc(F)c2[nH]c1=O. The van der Waals surface area contributed by atoms with E-state index in [1.165, 1.54) is 0 Å².